The van der Waals surface area contributed by atoms with Gasteiger partial charge in [-0.2, -0.15) is 0 Å². The van der Waals surface area contributed by atoms with Crippen LogP contribution in [-0.4, -0.2) is 13.0 Å². The molecule has 1 aliphatic rings. The van der Waals surface area contributed by atoms with Crippen molar-refractivity contribution in [3.8, 4) is 5.75 Å². The molecule has 0 saturated heterocycles. The molecular formula is C21H25NO3. The number of furan rings is 1. The average Bonchev–Trinajstić information content (AvgIpc) is 3.18. The highest BCUT2D eigenvalue weighted by atomic mass is 16.5. The molecular weight excluding hydrogens is 314 g/mol. The van der Waals surface area contributed by atoms with E-state index in [1.165, 1.54) is 12.5 Å². The van der Waals surface area contributed by atoms with Crippen molar-refractivity contribution >= 4 is 12.0 Å². The van der Waals surface area contributed by atoms with Crippen molar-refractivity contribution in [3.63, 3.8) is 0 Å². The van der Waals surface area contributed by atoms with Crippen molar-refractivity contribution in [3.05, 3.63) is 59.6 Å². The zero-order valence-corrected chi connectivity index (χ0v) is 15.0. The molecule has 0 bridgehead atoms. The fourth-order valence-corrected chi connectivity index (χ4v) is 3.01. The third-order valence-corrected chi connectivity index (χ3v) is 4.76. The first-order valence-corrected chi connectivity index (χ1v) is 8.83. The van der Waals surface area contributed by atoms with Crippen molar-refractivity contribution in [2.75, 3.05) is 7.11 Å². The van der Waals surface area contributed by atoms with Gasteiger partial charge in [0, 0.05) is 12.0 Å². The van der Waals surface area contributed by atoms with Crippen molar-refractivity contribution in [1.82, 2.24) is 5.32 Å². The maximum atomic E-state index is 12.2. The molecule has 1 N–H and O–H groups in total. The van der Waals surface area contributed by atoms with E-state index in [0.29, 0.717) is 11.8 Å². The SMILES string of the molecule is CCC(NC(=O)/C=C/c1ccc(C2CC2C)o1)c1ccc(OC)cc1. The molecule has 1 aromatic heterocycles. The van der Waals surface area contributed by atoms with E-state index in [0.717, 1.165) is 29.3 Å². The van der Waals surface area contributed by atoms with E-state index >= 15 is 0 Å². The van der Waals surface area contributed by atoms with Gasteiger partial charge in [0.2, 0.25) is 5.91 Å². The van der Waals surface area contributed by atoms with Gasteiger partial charge in [0.1, 0.15) is 17.3 Å². The minimum Gasteiger partial charge on any atom is -0.497 e. The first-order valence-electron chi connectivity index (χ1n) is 8.83. The molecule has 2 aromatic rings. The van der Waals surface area contributed by atoms with E-state index in [2.05, 4.69) is 19.2 Å². The quantitative estimate of drug-likeness (QED) is 0.744. The molecule has 1 fully saturated rings. The normalized spacial score (nSPS) is 20.4. The lowest BCUT2D eigenvalue weighted by Crippen LogP contribution is -2.26. The van der Waals surface area contributed by atoms with Gasteiger partial charge in [0.05, 0.1) is 13.2 Å². The number of carbonyl (C=O) groups excluding carboxylic acids is 1. The number of methoxy groups -OCH3 is 1. The molecule has 1 saturated carbocycles. The monoisotopic (exact) mass is 339 g/mol. The molecule has 4 heteroatoms. The summed E-state index contributed by atoms with van der Waals surface area (Å²) in [5.41, 5.74) is 1.06. The number of amides is 1. The molecule has 1 amide bonds. The molecule has 1 aliphatic carbocycles. The molecule has 0 spiro atoms. The van der Waals surface area contributed by atoms with Crippen LogP contribution in [0.5, 0.6) is 5.75 Å². The summed E-state index contributed by atoms with van der Waals surface area (Å²) in [6.07, 6.45) is 5.27. The average molecular weight is 339 g/mol. The minimum absolute atomic E-state index is 0.0254. The van der Waals surface area contributed by atoms with Gasteiger partial charge in [-0.15, -0.1) is 0 Å². The van der Waals surface area contributed by atoms with E-state index in [9.17, 15) is 4.79 Å². The van der Waals surface area contributed by atoms with Crippen LogP contribution in [0.15, 0.2) is 46.9 Å². The van der Waals surface area contributed by atoms with Crippen LogP contribution in [0, 0.1) is 5.92 Å². The molecule has 3 atom stereocenters. The van der Waals surface area contributed by atoms with Crippen LogP contribution >= 0.6 is 0 Å². The number of hydrogen-bond donors (Lipinski definition) is 1. The largest absolute Gasteiger partial charge is 0.497 e. The highest BCUT2D eigenvalue weighted by molar-refractivity contribution is 5.91. The van der Waals surface area contributed by atoms with Crippen LogP contribution in [-0.2, 0) is 4.79 Å². The minimum atomic E-state index is -0.125. The van der Waals surface area contributed by atoms with E-state index in [1.807, 2.05) is 36.4 Å². The lowest BCUT2D eigenvalue weighted by Gasteiger charge is -2.16. The van der Waals surface area contributed by atoms with Crippen LogP contribution in [0.4, 0.5) is 0 Å². The van der Waals surface area contributed by atoms with Gasteiger partial charge < -0.3 is 14.5 Å². The third-order valence-electron chi connectivity index (χ3n) is 4.76. The zero-order chi connectivity index (χ0) is 17.8. The van der Waals surface area contributed by atoms with Crippen LogP contribution in [0.1, 0.15) is 55.7 Å². The summed E-state index contributed by atoms with van der Waals surface area (Å²) in [5.74, 6) is 3.69. The summed E-state index contributed by atoms with van der Waals surface area (Å²) in [6, 6.07) is 11.7. The van der Waals surface area contributed by atoms with E-state index in [4.69, 9.17) is 9.15 Å². The van der Waals surface area contributed by atoms with Gasteiger partial charge in [-0.05, 0) is 54.7 Å². The lowest BCUT2D eigenvalue weighted by atomic mass is 10.0. The van der Waals surface area contributed by atoms with Crippen LogP contribution in [0.2, 0.25) is 0 Å². The van der Waals surface area contributed by atoms with Gasteiger partial charge in [-0.1, -0.05) is 26.0 Å². The standard InChI is InChI=1S/C21H25NO3/c1-4-19(15-5-7-16(24-3)8-6-15)22-21(23)12-10-17-9-11-20(25-17)18-13-14(18)2/h5-12,14,18-19H,4,13H2,1-3H3,(H,22,23)/b12-10+. The highest BCUT2D eigenvalue weighted by Crippen LogP contribution is 2.47. The Balaban J connectivity index is 1.58. The Morgan fingerprint density at radius 2 is 2.04 bits per heavy atom. The van der Waals surface area contributed by atoms with Crippen LogP contribution in [0.3, 0.4) is 0 Å². The maximum Gasteiger partial charge on any atom is 0.244 e. The molecule has 3 unspecified atom stereocenters. The first-order chi connectivity index (χ1) is 12.1. The topological polar surface area (TPSA) is 51.5 Å². The summed E-state index contributed by atoms with van der Waals surface area (Å²) in [7, 11) is 1.64. The van der Waals surface area contributed by atoms with E-state index in [-0.39, 0.29) is 11.9 Å². The Hall–Kier alpha value is -2.49. The number of nitrogens with one attached hydrogen (secondary N) is 1. The Bertz CT molecular complexity index is 745. The zero-order valence-electron chi connectivity index (χ0n) is 15.0. The fraction of sp³-hybridized carbons (Fsp3) is 0.381. The number of hydrogen-bond acceptors (Lipinski definition) is 3. The number of carbonyl (C=O) groups is 1. The van der Waals surface area contributed by atoms with Gasteiger partial charge in [0.15, 0.2) is 0 Å². The molecule has 3 rings (SSSR count). The summed E-state index contributed by atoms with van der Waals surface area (Å²) >= 11 is 0. The molecule has 1 aromatic carbocycles. The molecule has 132 valence electrons. The van der Waals surface area contributed by atoms with Gasteiger partial charge in [-0.25, -0.2) is 0 Å². The van der Waals surface area contributed by atoms with Crippen molar-refractivity contribution < 1.29 is 13.9 Å². The van der Waals surface area contributed by atoms with E-state index in [1.54, 1.807) is 13.2 Å². The highest BCUT2D eigenvalue weighted by Gasteiger charge is 2.36. The molecule has 1 heterocycles. The van der Waals surface area contributed by atoms with Crippen molar-refractivity contribution in [1.29, 1.82) is 0 Å². The second-order valence-corrected chi connectivity index (χ2v) is 6.64. The molecule has 0 aliphatic heterocycles. The summed E-state index contributed by atoms with van der Waals surface area (Å²) < 4.78 is 11.0. The smallest absolute Gasteiger partial charge is 0.244 e. The Kier molecular flexibility index (Phi) is 5.27. The van der Waals surface area contributed by atoms with E-state index < -0.39 is 0 Å². The Morgan fingerprint density at radius 3 is 2.64 bits per heavy atom. The summed E-state index contributed by atoms with van der Waals surface area (Å²) in [4.78, 5) is 12.2. The summed E-state index contributed by atoms with van der Waals surface area (Å²) in [6.45, 7) is 4.27. The Labute approximate surface area is 148 Å². The second kappa shape index (κ2) is 7.60. The maximum absolute atomic E-state index is 12.2. The molecule has 25 heavy (non-hydrogen) atoms. The third kappa shape index (κ3) is 4.32. The number of rotatable bonds is 7. The van der Waals surface area contributed by atoms with Crippen LogP contribution < -0.4 is 10.1 Å². The lowest BCUT2D eigenvalue weighted by molar-refractivity contribution is -0.117. The predicted molar refractivity (Wildman–Crippen MR) is 98.4 cm³/mol. The number of benzene rings is 1. The van der Waals surface area contributed by atoms with Crippen molar-refractivity contribution in [2.45, 2.75) is 38.6 Å². The fourth-order valence-electron chi connectivity index (χ4n) is 3.01. The van der Waals surface area contributed by atoms with Crippen molar-refractivity contribution in [2.24, 2.45) is 5.92 Å². The summed E-state index contributed by atoms with van der Waals surface area (Å²) in [5, 5.41) is 3.03. The van der Waals surface area contributed by atoms with Gasteiger partial charge in [-0.3, -0.25) is 4.79 Å². The first kappa shape index (κ1) is 17.3. The molecule has 4 nitrogen and oxygen atoms in total. The van der Waals surface area contributed by atoms with Crippen LogP contribution in [0.25, 0.3) is 6.08 Å². The molecule has 0 radical (unpaired) electrons. The Morgan fingerprint density at radius 1 is 1.32 bits per heavy atom. The number of ether oxygens (including phenoxy) is 1. The predicted octanol–water partition coefficient (Wildman–Crippen LogP) is 4.69. The van der Waals surface area contributed by atoms with Gasteiger partial charge in [0.25, 0.3) is 0 Å². The van der Waals surface area contributed by atoms with Gasteiger partial charge >= 0.3 is 0 Å². The second-order valence-electron chi connectivity index (χ2n) is 6.64.